The van der Waals surface area contributed by atoms with Gasteiger partial charge in [-0.2, -0.15) is 0 Å². The van der Waals surface area contributed by atoms with Gasteiger partial charge >= 0.3 is 0 Å². The fourth-order valence-corrected chi connectivity index (χ4v) is 1.81. The van der Waals surface area contributed by atoms with Crippen molar-refractivity contribution in [2.45, 2.75) is 0 Å². The number of anilines is 1. The summed E-state index contributed by atoms with van der Waals surface area (Å²) in [5, 5.41) is 14.8. The second-order valence-electron chi connectivity index (χ2n) is 3.66. The van der Waals surface area contributed by atoms with Crippen molar-refractivity contribution in [2.75, 3.05) is 38.2 Å². The number of nitrogens with one attached hydrogen (secondary N) is 2. The molecule has 0 atom stereocenters. The van der Waals surface area contributed by atoms with Gasteiger partial charge in [0, 0.05) is 6.54 Å². The first-order chi connectivity index (χ1) is 9.15. The summed E-state index contributed by atoms with van der Waals surface area (Å²) in [6.07, 6.45) is 0. The molecular formula is C12H16Cl2N2O3. The molecule has 1 rings (SSSR count). The van der Waals surface area contributed by atoms with Gasteiger partial charge in [-0.3, -0.25) is 4.79 Å². The number of carbonyl (C=O) groups is 1. The van der Waals surface area contributed by atoms with Gasteiger partial charge in [-0.15, -0.1) is 0 Å². The SMILES string of the molecule is O=C(CNCCOCCO)Nc1c(Cl)cccc1Cl. The molecule has 0 spiro atoms. The van der Waals surface area contributed by atoms with E-state index in [2.05, 4.69) is 10.6 Å². The summed E-state index contributed by atoms with van der Waals surface area (Å²) in [4.78, 5) is 11.6. The second-order valence-corrected chi connectivity index (χ2v) is 4.47. The number of carbonyl (C=O) groups excluding carboxylic acids is 1. The Labute approximate surface area is 121 Å². The highest BCUT2D eigenvalue weighted by molar-refractivity contribution is 6.39. The smallest absolute Gasteiger partial charge is 0.238 e. The Balaban J connectivity index is 2.28. The standard InChI is InChI=1S/C12H16Cl2N2O3/c13-9-2-1-3-10(14)12(9)16-11(18)8-15-4-6-19-7-5-17/h1-3,15,17H,4-8H2,(H,16,18). The van der Waals surface area contributed by atoms with Gasteiger partial charge < -0.3 is 20.5 Å². The Morgan fingerprint density at radius 1 is 1.26 bits per heavy atom. The van der Waals surface area contributed by atoms with Crippen molar-refractivity contribution in [3.8, 4) is 0 Å². The molecule has 0 radical (unpaired) electrons. The van der Waals surface area contributed by atoms with E-state index in [0.717, 1.165) is 0 Å². The Morgan fingerprint density at radius 2 is 1.95 bits per heavy atom. The van der Waals surface area contributed by atoms with Crippen molar-refractivity contribution < 1.29 is 14.6 Å². The highest BCUT2D eigenvalue weighted by Gasteiger charge is 2.08. The number of halogens is 2. The molecule has 0 unspecified atom stereocenters. The number of benzene rings is 1. The minimum Gasteiger partial charge on any atom is -0.394 e. The maximum absolute atomic E-state index is 11.6. The highest BCUT2D eigenvalue weighted by Crippen LogP contribution is 2.29. The summed E-state index contributed by atoms with van der Waals surface area (Å²) in [6, 6.07) is 5.01. The van der Waals surface area contributed by atoms with Gasteiger partial charge in [0.15, 0.2) is 0 Å². The normalized spacial score (nSPS) is 10.5. The van der Waals surface area contributed by atoms with Crippen LogP contribution in [-0.2, 0) is 9.53 Å². The number of hydrogen-bond acceptors (Lipinski definition) is 4. The molecular weight excluding hydrogens is 291 g/mol. The quantitative estimate of drug-likeness (QED) is 0.637. The van der Waals surface area contributed by atoms with E-state index in [4.69, 9.17) is 33.0 Å². The highest BCUT2D eigenvalue weighted by atomic mass is 35.5. The summed E-state index contributed by atoms with van der Waals surface area (Å²) in [5.74, 6) is -0.239. The van der Waals surface area contributed by atoms with Crippen LogP contribution in [0.3, 0.4) is 0 Å². The number of para-hydroxylation sites is 1. The van der Waals surface area contributed by atoms with E-state index in [1.807, 2.05) is 0 Å². The lowest BCUT2D eigenvalue weighted by molar-refractivity contribution is -0.115. The molecule has 1 amide bonds. The van der Waals surface area contributed by atoms with Crippen molar-refractivity contribution in [1.82, 2.24) is 5.32 Å². The van der Waals surface area contributed by atoms with E-state index in [0.29, 0.717) is 35.5 Å². The predicted octanol–water partition coefficient (Wildman–Crippen LogP) is 1.53. The molecule has 0 aliphatic rings. The van der Waals surface area contributed by atoms with Crippen molar-refractivity contribution in [3.05, 3.63) is 28.2 Å². The first kappa shape index (κ1) is 16.2. The van der Waals surface area contributed by atoms with Crippen LogP contribution in [0.25, 0.3) is 0 Å². The molecule has 19 heavy (non-hydrogen) atoms. The van der Waals surface area contributed by atoms with Crippen LogP contribution in [0.15, 0.2) is 18.2 Å². The Bertz CT molecular complexity index is 396. The van der Waals surface area contributed by atoms with E-state index in [1.165, 1.54) is 0 Å². The van der Waals surface area contributed by atoms with Crippen molar-refractivity contribution in [2.24, 2.45) is 0 Å². The number of ether oxygens (including phenoxy) is 1. The Kier molecular flexibility index (Phi) is 7.78. The van der Waals surface area contributed by atoms with Crippen LogP contribution in [0.5, 0.6) is 0 Å². The van der Waals surface area contributed by atoms with Gasteiger partial charge in [0.2, 0.25) is 5.91 Å². The van der Waals surface area contributed by atoms with Crippen LogP contribution in [-0.4, -0.2) is 43.9 Å². The van der Waals surface area contributed by atoms with Gasteiger partial charge in [0.05, 0.1) is 42.1 Å². The molecule has 0 aromatic heterocycles. The topological polar surface area (TPSA) is 70.6 Å². The number of aliphatic hydroxyl groups excluding tert-OH is 1. The zero-order valence-electron chi connectivity index (χ0n) is 10.3. The van der Waals surface area contributed by atoms with E-state index in [-0.39, 0.29) is 19.1 Å². The summed E-state index contributed by atoms with van der Waals surface area (Å²) in [6.45, 7) is 1.36. The lowest BCUT2D eigenvalue weighted by Gasteiger charge is -2.09. The van der Waals surface area contributed by atoms with Gasteiger partial charge in [-0.1, -0.05) is 29.3 Å². The number of aliphatic hydroxyl groups is 1. The molecule has 0 aliphatic carbocycles. The van der Waals surface area contributed by atoms with E-state index >= 15 is 0 Å². The molecule has 106 valence electrons. The monoisotopic (exact) mass is 306 g/mol. The summed E-state index contributed by atoms with van der Waals surface area (Å²) < 4.78 is 5.03. The zero-order chi connectivity index (χ0) is 14.1. The molecule has 1 aromatic rings. The molecule has 5 nitrogen and oxygen atoms in total. The van der Waals surface area contributed by atoms with Gasteiger partial charge in [0.1, 0.15) is 0 Å². The van der Waals surface area contributed by atoms with Crippen LogP contribution < -0.4 is 10.6 Å². The third-order valence-electron chi connectivity index (χ3n) is 2.17. The van der Waals surface area contributed by atoms with Crippen LogP contribution in [0, 0.1) is 0 Å². The average Bonchev–Trinajstić information content (AvgIpc) is 2.38. The van der Waals surface area contributed by atoms with Gasteiger partial charge in [-0.25, -0.2) is 0 Å². The first-order valence-corrected chi connectivity index (χ1v) is 6.54. The summed E-state index contributed by atoms with van der Waals surface area (Å²) in [7, 11) is 0. The molecule has 3 N–H and O–H groups in total. The maximum atomic E-state index is 11.6. The van der Waals surface area contributed by atoms with Crippen LogP contribution in [0.2, 0.25) is 10.0 Å². The lowest BCUT2D eigenvalue weighted by Crippen LogP contribution is -2.30. The number of rotatable bonds is 8. The van der Waals surface area contributed by atoms with Crippen molar-refractivity contribution in [3.63, 3.8) is 0 Å². The third-order valence-corrected chi connectivity index (χ3v) is 2.80. The average molecular weight is 307 g/mol. The van der Waals surface area contributed by atoms with Crippen LogP contribution in [0.1, 0.15) is 0 Å². The summed E-state index contributed by atoms with van der Waals surface area (Å²) >= 11 is 11.9. The fraction of sp³-hybridized carbons (Fsp3) is 0.417. The van der Waals surface area contributed by atoms with Crippen LogP contribution >= 0.6 is 23.2 Å². The second kappa shape index (κ2) is 9.12. The third kappa shape index (κ3) is 6.22. The minimum atomic E-state index is -0.239. The Hall–Kier alpha value is -0.850. The van der Waals surface area contributed by atoms with E-state index in [1.54, 1.807) is 18.2 Å². The lowest BCUT2D eigenvalue weighted by atomic mass is 10.3. The molecule has 0 heterocycles. The van der Waals surface area contributed by atoms with Crippen molar-refractivity contribution >= 4 is 34.8 Å². The van der Waals surface area contributed by atoms with Gasteiger partial charge in [0.25, 0.3) is 0 Å². The minimum absolute atomic E-state index is 0.00844. The molecule has 7 heteroatoms. The van der Waals surface area contributed by atoms with Crippen LogP contribution in [0.4, 0.5) is 5.69 Å². The number of amides is 1. The number of hydrogen-bond donors (Lipinski definition) is 3. The van der Waals surface area contributed by atoms with Crippen molar-refractivity contribution in [1.29, 1.82) is 0 Å². The molecule has 1 aromatic carbocycles. The molecule has 0 saturated carbocycles. The summed E-state index contributed by atoms with van der Waals surface area (Å²) in [5.41, 5.74) is 0.411. The fourth-order valence-electron chi connectivity index (χ4n) is 1.31. The largest absolute Gasteiger partial charge is 0.394 e. The first-order valence-electron chi connectivity index (χ1n) is 5.78. The molecule has 0 bridgehead atoms. The Morgan fingerprint density at radius 3 is 2.58 bits per heavy atom. The molecule has 0 fully saturated rings. The predicted molar refractivity (Wildman–Crippen MR) is 75.9 cm³/mol. The van der Waals surface area contributed by atoms with E-state index < -0.39 is 0 Å². The maximum Gasteiger partial charge on any atom is 0.238 e. The zero-order valence-corrected chi connectivity index (χ0v) is 11.8. The molecule has 0 aliphatic heterocycles. The van der Waals surface area contributed by atoms with E-state index in [9.17, 15) is 4.79 Å². The van der Waals surface area contributed by atoms with Gasteiger partial charge in [-0.05, 0) is 12.1 Å². The molecule has 0 saturated heterocycles.